The van der Waals surface area contributed by atoms with Crippen LogP contribution in [0.2, 0.25) is 0 Å². The van der Waals surface area contributed by atoms with Crippen LogP contribution in [0.5, 0.6) is 0 Å². The summed E-state index contributed by atoms with van der Waals surface area (Å²) in [6.45, 7) is 4.16. The van der Waals surface area contributed by atoms with Gasteiger partial charge < -0.3 is 5.73 Å². The fourth-order valence-corrected chi connectivity index (χ4v) is 3.23. The lowest BCUT2D eigenvalue weighted by atomic mass is 10.0. The third kappa shape index (κ3) is 2.65. The molecule has 3 aromatic rings. The molecule has 4 heteroatoms. The lowest BCUT2D eigenvalue weighted by Crippen LogP contribution is -2.10. The first-order valence-corrected chi connectivity index (χ1v) is 7.81. The first-order valence-electron chi connectivity index (χ1n) is 7.00. The Kier molecular flexibility index (Phi) is 3.77. The van der Waals surface area contributed by atoms with E-state index in [0.29, 0.717) is 5.01 Å². The molecule has 0 aliphatic carbocycles. The number of hydrogen-bond donors (Lipinski definition) is 1. The van der Waals surface area contributed by atoms with Crippen LogP contribution in [-0.4, -0.2) is 10.9 Å². The lowest BCUT2D eigenvalue weighted by molar-refractivity contribution is 0.1000. The van der Waals surface area contributed by atoms with E-state index >= 15 is 0 Å². The molecule has 0 saturated carbocycles. The molecule has 0 fully saturated rings. The van der Waals surface area contributed by atoms with E-state index in [1.165, 1.54) is 22.5 Å². The topological polar surface area (TPSA) is 56.0 Å². The number of aromatic nitrogens is 1. The molecule has 1 aromatic heterocycles. The van der Waals surface area contributed by atoms with Crippen LogP contribution in [0, 0.1) is 13.8 Å². The highest BCUT2D eigenvalue weighted by Gasteiger charge is 2.17. The molecule has 2 N–H and O–H groups in total. The molecule has 0 saturated heterocycles. The molecule has 0 bridgehead atoms. The van der Waals surface area contributed by atoms with E-state index < -0.39 is 5.91 Å². The number of amides is 1. The summed E-state index contributed by atoms with van der Waals surface area (Å²) in [5.41, 5.74) is 10.7. The number of hydrogen-bond acceptors (Lipinski definition) is 3. The molecule has 1 amide bonds. The van der Waals surface area contributed by atoms with Crippen molar-refractivity contribution in [2.24, 2.45) is 5.73 Å². The Hall–Kier alpha value is -2.46. The lowest BCUT2D eigenvalue weighted by Gasteiger charge is -2.06. The van der Waals surface area contributed by atoms with Crippen LogP contribution in [0.25, 0.3) is 21.7 Å². The fourth-order valence-electron chi connectivity index (χ4n) is 2.30. The van der Waals surface area contributed by atoms with Gasteiger partial charge in [0.05, 0.1) is 10.6 Å². The van der Waals surface area contributed by atoms with Crippen molar-refractivity contribution >= 4 is 17.2 Å². The normalized spacial score (nSPS) is 10.6. The maximum atomic E-state index is 11.5. The number of nitrogens with zero attached hydrogens (tertiary/aromatic N) is 1. The summed E-state index contributed by atoms with van der Waals surface area (Å²) >= 11 is 1.34. The summed E-state index contributed by atoms with van der Waals surface area (Å²) in [5, 5.41) is 0.340. The van der Waals surface area contributed by atoms with Gasteiger partial charge in [-0.3, -0.25) is 4.79 Å². The van der Waals surface area contributed by atoms with E-state index in [1.54, 1.807) is 0 Å². The molecule has 3 rings (SSSR count). The Morgan fingerprint density at radius 3 is 2.36 bits per heavy atom. The molecule has 0 atom stereocenters. The van der Waals surface area contributed by atoms with E-state index in [0.717, 1.165) is 21.7 Å². The SMILES string of the molecule is Cc1ccc(-c2sc(C(N)=O)nc2-c2ccccc2)cc1C. The Bertz CT molecular complexity index is 838. The quantitative estimate of drug-likeness (QED) is 0.788. The number of benzene rings is 2. The number of rotatable bonds is 3. The highest BCUT2D eigenvalue weighted by molar-refractivity contribution is 7.17. The third-order valence-electron chi connectivity index (χ3n) is 3.65. The Balaban J connectivity index is 2.21. The summed E-state index contributed by atoms with van der Waals surface area (Å²) in [7, 11) is 0. The summed E-state index contributed by atoms with van der Waals surface area (Å²) in [6.07, 6.45) is 0. The summed E-state index contributed by atoms with van der Waals surface area (Å²) in [4.78, 5) is 16.9. The van der Waals surface area contributed by atoms with Crippen LogP contribution in [0.4, 0.5) is 0 Å². The number of thiazole rings is 1. The second-order valence-corrected chi connectivity index (χ2v) is 6.23. The smallest absolute Gasteiger partial charge is 0.277 e. The van der Waals surface area contributed by atoms with Crippen molar-refractivity contribution in [3.63, 3.8) is 0 Å². The maximum Gasteiger partial charge on any atom is 0.277 e. The molecule has 0 spiro atoms. The van der Waals surface area contributed by atoms with Crippen molar-refractivity contribution < 1.29 is 4.79 Å². The summed E-state index contributed by atoms with van der Waals surface area (Å²) < 4.78 is 0. The molecule has 3 nitrogen and oxygen atoms in total. The predicted molar refractivity (Wildman–Crippen MR) is 91.0 cm³/mol. The molecule has 0 aliphatic heterocycles. The van der Waals surface area contributed by atoms with Gasteiger partial charge >= 0.3 is 0 Å². The highest BCUT2D eigenvalue weighted by Crippen LogP contribution is 2.37. The van der Waals surface area contributed by atoms with Crippen molar-refractivity contribution in [3.8, 4) is 21.7 Å². The van der Waals surface area contributed by atoms with Gasteiger partial charge in [-0.25, -0.2) is 4.98 Å². The van der Waals surface area contributed by atoms with Gasteiger partial charge in [0.2, 0.25) is 0 Å². The zero-order chi connectivity index (χ0) is 15.7. The number of primary amides is 1. The van der Waals surface area contributed by atoms with Crippen LogP contribution < -0.4 is 5.73 Å². The van der Waals surface area contributed by atoms with Gasteiger partial charge in [0.1, 0.15) is 0 Å². The van der Waals surface area contributed by atoms with Crippen molar-refractivity contribution in [1.82, 2.24) is 4.98 Å². The number of carbonyl (C=O) groups excluding carboxylic acids is 1. The number of nitrogens with two attached hydrogens (primary N) is 1. The molecule has 22 heavy (non-hydrogen) atoms. The second-order valence-electron chi connectivity index (χ2n) is 5.23. The van der Waals surface area contributed by atoms with Crippen LogP contribution >= 0.6 is 11.3 Å². The minimum Gasteiger partial charge on any atom is -0.364 e. The van der Waals surface area contributed by atoms with Gasteiger partial charge in [0, 0.05) is 5.56 Å². The minimum atomic E-state index is -0.489. The van der Waals surface area contributed by atoms with Crippen molar-refractivity contribution in [2.75, 3.05) is 0 Å². The highest BCUT2D eigenvalue weighted by atomic mass is 32.1. The van der Waals surface area contributed by atoms with Crippen LogP contribution in [0.3, 0.4) is 0 Å². The van der Waals surface area contributed by atoms with Gasteiger partial charge in [-0.15, -0.1) is 11.3 Å². The number of aryl methyl sites for hydroxylation is 2. The Morgan fingerprint density at radius 1 is 1.00 bits per heavy atom. The molecule has 1 heterocycles. The van der Waals surface area contributed by atoms with E-state index in [1.807, 2.05) is 30.3 Å². The van der Waals surface area contributed by atoms with Gasteiger partial charge in [0.25, 0.3) is 5.91 Å². The zero-order valence-electron chi connectivity index (χ0n) is 12.5. The standard InChI is InChI=1S/C18H16N2OS/c1-11-8-9-14(10-12(11)2)16-15(13-6-4-3-5-7-13)20-18(22-16)17(19)21/h3-10H,1-2H3,(H2,19,21). The monoisotopic (exact) mass is 308 g/mol. The molecule has 2 aromatic carbocycles. The third-order valence-corrected chi connectivity index (χ3v) is 4.77. The molecular weight excluding hydrogens is 292 g/mol. The van der Waals surface area contributed by atoms with Gasteiger partial charge in [-0.1, -0.05) is 48.5 Å². The van der Waals surface area contributed by atoms with Gasteiger partial charge in [-0.2, -0.15) is 0 Å². The predicted octanol–water partition coefficient (Wildman–Crippen LogP) is 4.19. The average molecular weight is 308 g/mol. The van der Waals surface area contributed by atoms with E-state index in [-0.39, 0.29) is 0 Å². The zero-order valence-corrected chi connectivity index (χ0v) is 13.3. The van der Waals surface area contributed by atoms with Crippen molar-refractivity contribution in [1.29, 1.82) is 0 Å². The Morgan fingerprint density at radius 2 is 1.73 bits per heavy atom. The van der Waals surface area contributed by atoms with E-state index in [2.05, 4.69) is 37.0 Å². The molecule has 0 unspecified atom stereocenters. The van der Waals surface area contributed by atoms with E-state index in [9.17, 15) is 4.79 Å². The molecule has 110 valence electrons. The van der Waals surface area contributed by atoms with Gasteiger partial charge in [-0.05, 0) is 30.5 Å². The summed E-state index contributed by atoms with van der Waals surface area (Å²) in [5.74, 6) is -0.489. The summed E-state index contributed by atoms with van der Waals surface area (Å²) in [6, 6.07) is 16.1. The van der Waals surface area contributed by atoms with Crippen LogP contribution in [-0.2, 0) is 0 Å². The van der Waals surface area contributed by atoms with Gasteiger partial charge in [0.15, 0.2) is 5.01 Å². The maximum absolute atomic E-state index is 11.5. The molecular formula is C18H16N2OS. The fraction of sp³-hybridized carbons (Fsp3) is 0.111. The van der Waals surface area contributed by atoms with Crippen molar-refractivity contribution in [3.05, 3.63) is 64.7 Å². The molecule has 0 aliphatic rings. The second kappa shape index (κ2) is 5.73. The molecule has 0 radical (unpaired) electrons. The van der Waals surface area contributed by atoms with Crippen LogP contribution in [0.15, 0.2) is 48.5 Å². The average Bonchev–Trinajstić information content (AvgIpc) is 2.96. The first kappa shape index (κ1) is 14.5. The van der Waals surface area contributed by atoms with Crippen LogP contribution in [0.1, 0.15) is 20.9 Å². The van der Waals surface area contributed by atoms with E-state index in [4.69, 9.17) is 5.73 Å². The number of carbonyl (C=O) groups is 1. The van der Waals surface area contributed by atoms with Crippen molar-refractivity contribution in [2.45, 2.75) is 13.8 Å². The first-order chi connectivity index (χ1) is 10.6. The Labute approximate surface area is 133 Å². The largest absolute Gasteiger partial charge is 0.364 e. The minimum absolute atomic E-state index is 0.340.